The smallest absolute Gasteiger partial charge is 0.338 e. The van der Waals surface area contributed by atoms with Crippen LogP contribution in [0.1, 0.15) is 16.8 Å². The first kappa shape index (κ1) is 16.8. The summed E-state index contributed by atoms with van der Waals surface area (Å²) in [6.45, 7) is 1.70. The number of benzene rings is 1. The van der Waals surface area contributed by atoms with Crippen LogP contribution in [0.25, 0.3) is 0 Å². The third-order valence-electron chi connectivity index (χ3n) is 3.26. The minimum Gasteiger partial charge on any atom is -0.465 e. The third kappa shape index (κ3) is 4.73. The van der Waals surface area contributed by atoms with Gasteiger partial charge in [0.25, 0.3) is 5.69 Å². The molecule has 1 atom stereocenters. The van der Waals surface area contributed by atoms with E-state index < -0.39 is 10.9 Å². The van der Waals surface area contributed by atoms with Crippen molar-refractivity contribution in [2.45, 2.75) is 12.5 Å². The van der Waals surface area contributed by atoms with E-state index >= 15 is 0 Å². The molecule has 0 aliphatic carbocycles. The SMILES string of the molecule is COC(=O)c1cc(NC(=O)CC2COCCN2)cc([N+](=O)[O-])c1. The number of nitrogens with one attached hydrogen (secondary N) is 2. The molecule has 0 aromatic heterocycles. The van der Waals surface area contributed by atoms with Gasteiger partial charge in [0.2, 0.25) is 5.91 Å². The molecule has 0 bridgehead atoms. The molecule has 1 heterocycles. The molecule has 124 valence electrons. The van der Waals surface area contributed by atoms with Crippen LogP contribution in [0.3, 0.4) is 0 Å². The molecule has 1 amide bonds. The highest BCUT2D eigenvalue weighted by atomic mass is 16.6. The van der Waals surface area contributed by atoms with Crippen molar-refractivity contribution in [1.29, 1.82) is 0 Å². The van der Waals surface area contributed by atoms with Crippen molar-refractivity contribution in [3.8, 4) is 0 Å². The lowest BCUT2D eigenvalue weighted by molar-refractivity contribution is -0.384. The molecule has 1 unspecified atom stereocenters. The number of nitrogens with zero attached hydrogens (tertiary/aromatic N) is 1. The molecule has 0 spiro atoms. The van der Waals surface area contributed by atoms with Gasteiger partial charge in [-0.25, -0.2) is 4.79 Å². The van der Waals surface area contributed by atoms with Gasteiger partial charge in [-0.15, -0.1) is 0 Å². The lowest BCUT2D eigenvalue weighted by atomic mass is 10.1. The van der Waals surface area contributed by atoms with Gasteiger partial charge in [0, 0.05) is 36.8 Å². The maximum absolute atomic E-state index is 12.0. The van der Waals surface area contributed by atoms with Gasteiger partial charge in [-0.05, 0) is 6.07 Å². The van der Waals surface area contributed by atoms with Crippen LogP contribution in [0.15, 0.2) is 18.2 Å². The summed E-state index contributed by atoms with van der Waals surface area (Å²) in [4.78, 5) is 33.9. The predicted octanol–water partition coefficient (Wildman–Crippen LogP) is 0.698. The monoisotopic (exact) mass is 323 g/mol. The number of esters is 1. The average Bonchev–Trinajstić information content (AvgIpc) is 2.54. The van der Waals surface area contributed by atoms with Gasteiger partial charge < -0.3 is 20.1 Å². The Bertz CT molecular complexity index is 613. The van der Waals surface area contributed by atoms with Crippen LogP contribution in [0.4, 0.5) is 11.4 Å². The van der Waals surface area contributed by atoms with Gasteiger partial charge in [0.05, 0.1) is 30.8 Å². The molecular weight excluding hydrogens is 306 g/mol. The van der Waals surface area contributed by atoms with E-state index in [0.717, 1.165) is 6.07 Å². The second-order valence-corrected chi connectivity index (χ2v) is 5.00. The number of methoxy groups -OCH3 is 1. The molecule has 0 radical (unpaired) electrons. The van der Waals surface area contributed by atoms with E-state index in [1.54, 1.807) is 0 Å². The highest BCUT2D eigenvalue weighted by molar-refractivity contribution is 5.95. The first-order valence-electron chi connectivity index (χ1n) is 6.98. The fraction of sp³-hybridized carbons (Fsp3) is 0.429. The standard InChI is InChI=1S/C14H17N3O6/c1-22-14(19)9-4-10(6-12(5-9)17(20)21)16-13(18)7-11-8-23-3-2-15-11/h4-6,11,15H,2-3,7-8H2,1H3,(H,16,18). The molecule has 9 heteroatoms. The number of carbonyl (C=O) groups excluding carboxylic acids is 2. The largest absolute Gasteiger partial charge is 0.465 e. The van der Waals surface area contributed by atoms with Crippen LogP contribution in [-0.4, -0.2) is 49.7 Å². The molecule has 2 rings (SSSR count). The molecule has 2 N–H and O–H groups in total. The molecule has 0 saturated carbocycles. The van der Waals surface area contributed by atoms with Crippen molar-refractivity contribution in [2.24, 2.45) is 0 Å². The number of hydrogen-bond acceptors (Lipinski definition) is 7. The number of nitro benzene ring substituents is 1. The number of morpholine rings is 1. The maximum atomic E-state index is 12.0. The molecule has 1 aliphatic rings. The number of carbonyl (C=O) groups is 2. The van der Waals surface area contributed by atoms with Gasteiger partial charge in [-0.1, -0.05) is 0 Å². The van der Waals surface area contributed by atoms with Crippen molar-refractivity contribution in [3.05, 3.63) is 33.9 Å². The molecule has 1 saturated heterocycles. The molecular formula is C14H17N3O6. The summed E-state index contributed by atoms with van der Waals surface area (Å²) >= 11 is 0. The van der Waals surface area contributed by atoms with Crippen molar-refractivity contribution in [3.63, 3.8) is 0 Å². The molecule has 23 heavy (non-hydrogen) atoms. The Morgan fingerprint density at radius 2 is 2.26 bits per heavy atom. The zero-order valence-electron chi connectivity index (χ0n) is 12.5. The van der Waals surface area contributed by atoms with Crippen molar-refractivity contribution >= 4 is 23.3 Å². The normalized spacial score (nSPS) is 17.3. The summed E-state index contributed by atoms with van der Waals surface area (Å²) in [7, 11) is 1.17. The Labute approximate surface area is 132 Å². The molecule has 1 aromatic carbocycles. The summed E-state index contributed by atoms with van der Waals surface area (Å²) in [5, 5.41) is 16.6. The zero-order valence-corrected chi connectivity index (χ0v) is 12.5. The topological polar surface area (TPSA) is 120 Å². The van der Waals surface area contributed by atoms with Crippen molar-refractivity contribution in [1.82, 2.24) is 5.32 Å². The quantitative estimate of drug-likeness (QED) is 0.465. The minimum absolute atomic E-state index is 0.00359. The van der Waals surface area contributed by atoms with E-state index in [1.165, 1.54) is 19.2 Å². The van der Waals surface area contributed by atoms with E-state index in [0.29, 0.717) is 19.8 Å². The van der Waals surface area contributed by atoms with Crippen molar-refractivity contribution in [2.75, 3.05) is 32.2 Å². The first-order valence-corrected chi connectivity index (χ1v) is 6.98. The van der Waals surface area contributed by atoms with Gasteiger partial charge in [0.15, 0.2) is 0 Å². The van der Waals surface area contributed by atoms with Crippen LogP contribution < -0.4 is 10.6 Å². The molecule has 1 fully saturated rings. The van der Waals surface area contributed by atoms with Crippen LogP contribution in [0.5, 0.6) is 0 Å². The second-order valence-electron chi connectivity index (χ2n) is 5.00. The zero-order chi connectivity index (χ0) is 16.8. The number of anilines is 1. The summed E-state index contributed by atoms with van der Waals surface area (Å²) < 4.78 is 9.81. The Morgan fingerprint density at radius 3 is 2.87 bits per heavy atom. The predicted molar refractivity (Wildman–Crippen MR) is 80.3 cm³/mol. The summed E-state index contributed by atoms with van der Waals surface area (Å²) in [5.41, 5.74) is -0.139. The molecule has 9 nitrogen and oxygen atoms in total. The fourth-order valence-electron chi connectivity index (χ4n) is 2.21. The van der Waals surface area contributed by atoms with Crippen LogP contribution in [-0.2, 0) is 14.3 Å². The maximum Gasteiger partial charge on any atom is 0.338 e. The summed E-state index contributed by atoms with van der Waals surface area (Å²) in [6, 6.07) is 3.51. The van der Waals surface area contributed by atoms with Crippen LogP contribution >= 0.6 is 0 Å². The first-order chi connectivity index (χ1) is 11.0. The number of ether oxygens (including phenoxy) is 2. The van der Waals surface area contributed by atoms with Gasteiger partial charge >= 0.3 is 5.97 Å². The lowest BCUT2D eigenvalue weighted by Crippen LogP contribution is -2.43. The van der Waals surface area contributed by atoms with E-state index in [1.807, 2.05) is 0 Å². The van der Waals surface area contributed by atoms with E-state index in [2.05, 4.69) is 15.4 Å². The number of amides is 1. The minimum atomic E-state index is -0.716. The van der Waals surface area contributed by atoms with Gasteiger partial charge in [-0.2, -0.15) is 0 Å². The summed E-state index contributed by atoms with van der Waals surface area (Å²) in [6.07, 6.45) is 0.163. The fourth-order valence-corrected chi connectivity index (χ4v) is 2.21. The number of rotatable bonds is 5. The Balaban J connectivity index is 2.11. The molecule has 1 aromatic rings. The molecule has 1 aliphatic heterocycles. The third-order valence-corrected chi connectivity index (χ3v) is 3.26. The number of nitro groups is 1. The Kier molecular flexibility index (Phi) is 5.61. The van der Waals surface area contributed by atoms with Crippen LogP contribution in [0.2, 0.25) is 0 Å². The van der Waals surface area contributed by atoms with E-state index in [4.69, 9.17) is 4.74 Å². The van der Waals surface area contributed by atoms with E-state index in [-0.39, 0.29) is 35.3 Å². The average molecular weight is 323 g/mol. The number of hydrogen-bond donors (Lipinski definition) is 2. The summed E-state index contributed by atoms with van der Waals surface area (Å²) in [5.74, 6) is -1.05. The van der Waals surface area contributed by atoms with Crippen LogP contribution in [0, 0.1) is 10.1 Å². The second kappa shape index (κ2) is 7.65. The van der Waals surface area contributed by atoms with Gasteiger partial charge in [0.1, 0.15) is 0 Å². The van der Waals surface area contributed by atoms with Crippen molar-refractivity contribution < 1.29 is 24.0 Å². The number of non-ortho nitro benzene ring substituents is 1. The van der Waals surface area contributed by atoms with E-state index in [9.17, 15) is 19.7 Å². The lowest BCUT2D eigenvalue weighted by Gasteiger charge is -2.23. The Hall–Kier alpha value is -2.52. The highest BCUT2D eigenvalue weighted by Gasteiger charge is 2.19. The van der Waals surface area contributed by atoms with Gasteiger partial charge in [-0.3, -0.25) is 14.9 Å². The highest BCUT2D eigenvalue weighted by Crippen LogP contribution is 2.22. The Morgan fingerprint density at radius 1 is 1.48 bits per heavy atom.